The molecule has 27 heavy (non-hydrogen) atoms. The molecular formula is C20H21BrN2O3S. The van der Waals surface area contributed by atoms with Gasteiger partial charge in [0.2, 0.25) is 10.0 Å². The van der Waals surface area contributed by atoms with Crippen molar-refractivity contribution in [1.82, 2.24) is 9.21 Å². The second-order valence-corrected chi connectivity index (χ2v) is 9.14. The van der Waals surface area contributed by atoms with Gasteiger partial charge in [-0.05, 0) is 42.3 Å². The number of hydrogen-bond acceptors (Lipinski definition) is 3. The summed E-state index contributed by atoms with van der Waals surface area (Å²) in [4.78, 5) is 14.4. The van der Waals surface area contributed by atoms with Crippen LogP contribution in [0.4, 0.5) is 0 Å². The second kappa shape index (κ2) is 8.37. The maximum absolute atomic E-state index is 12.7. The Labute approximate surface area is 168 Å². The highest BCUT2D eigenvalue weighted by atomic mass is 79.9. The summed E-state index contributed by atoms with van der Waals surface area (Å²) in [6, 6.07) is 14.9. The molecule has 1 fully saturated rings. The molecule has 1 saturated heterocycles. The Bertz CT molecular complexity index is 950. The minimum Gasteiger partial charge on any atom is -0.336 e. The van der Waals surface area contributed by atoms with E-state index in [0.29, 0.717) is 31.7 Å². The minimum atomic E-state index is -3.50. The quantitative estimate of drug-likeness (QED) is 0.718. The van der Waals surface area contributed by atoms with Crippen molar-refractivity contribution < 1.29 is 13.2 Å². The molecule has 1 aliphatic heterocycles. The molecule has 0 aliphatic carbocycles. The third-order valence-electron chi connectivity index (χ3n) is 4.54. The fourth-order valence-electron chi connectivity index (χ4n) is 3.00. The van der Waals surface area contributed by atoms with Crippen LogP contribution in [-0.4, -0.2) is 49.7 Å². The van der Waals surface area contributed by atoms with Crippen LogP contribution in [0.15, 0.2) is 58.4 Å². The first kappa shape index (κ1) is 19.8. The Kier molecular flexibility index (Phi) is 6.14. The minimum absolute atomic E-state index is 0.0584. The molecule has 142 valence electrons. The molecule has 0 aromatic heterocycles. The van der Waals surface area contributed by atoms with Crippen LogP contribution in [0.3, 0.4) is 0 Å². The monoisotopic (exact) mass is 448 g/mol. The zero-order valence-corrected chi connectivity index (χ0v) is 17.4. The Morgan fingerprint density at radius 3 is 2.33 bits per heavy atom. The lowest BCUT2D eigenvalue weighted by Gasteiger charge is -2.33. The lowest BCUT2D eigenvalue weighted by Crippen LogP contribution is -2.50. The summed E-state index contributed by atoms with van der Waals surface area (Å²) in [5.41, 5.74) is 2.38. The van der Waals surface area contributed by atoms with Gasteiger partial charge in [0.25, 0.3) is 5.91 Å². The van der Waals surface area contributed by atoms with Gasteiger partial charge in [-0.15, -0.1) is 0 Å². The predicted octanol–water partition coefficient (Wildman–Crippen LogP) is 3.52. The van der Waals surface area contributed by atoms with Gasteiger partial charge in [0.05, 0.1) is 0 Å². The van der Waals surface area contributed by atoms with Crippen molar-refractivity contribution in [3.8, 4) is 0 Å². The van der Waals surface area contributed by atoms with E-state index in [1.807, 2.05) is 49.4 Å². The van der Waals surface area contributed by atoms with Gasteiger partial charge in [0, 0.05) is 41.6 Å². The number of halogens is 1. The maximum Gasteiger partial charge on any atom is 0.254 e. The van der Waals surface area contributed by atoms with E-state index in [0.717, 1.165) is 15.6 Å². The van der Waals surface area contributed by atoms with Gasteiger partial charge in [0.1, 0.15) is 0 Å². The molecule has 0 unspecified atom stereocenters. The van der Waals surface area contributed by atoms with Crippen LogP contribution in [0.5, 0.6) is 0 Å². The molecule has 0 bridgehead atoms. The highest BCUT2D eigenvalue weighted by Gasteiger charge is 2.28. The van der Waals surface area contributed by atoms with E-state index in [2.05, 4.69) is 15.9 Å². The molecule has 2 aromatic carbocycles. The lowest BCUT2D eigenvalue weighted by atomic mass is 10.1. The number of piperazine rings is 1. The van der Waals surface area contributed by atoms with Crippen molar-refractivity contribution in [3.63, 3.8) is 0 Å². The van der Waals surface area contributed by atoms with Gasteiger partial charge in [-0.1, -0.05) is 46.3 Å². The SMILES string of the molecule is Cc1cc(Br)ccc1C(=O)N1CCN(S(=O)(=O)/C=C/c2ccccc2)CC1. The molecule has 1 heterocycles. The third-order valence-corrected chi connectivity index (χ3v) is 6.59. The predicted molar refractivity (Wildman–Crippen MR) is 111 cm³/mol. The first-order chi connectivity index (χ1) is 12.9. The molecule has 2 aromatic rings. The topological polar surface area (TPSA) is 57.7 Å². The Morgan fingerprint density at radius 2 is 1.70 bits per heavy atom. The highest BCUT2D eigenvalue weighted by Crippen LogP contribution is 2.19. The fraction of sp³-hybridized carbons (Fsp3) is 0.250. The van der Waals surface area contributed by atoms with Crippen molar-refractivity contribution in [3.05, 3.63) is 75.1 Å². The lowest BCUT2D eigenvalue weighted by molar-refractivity contribution is 0.0698. The molecule has 0 atom stereocenters. The smallest absolute Gasteiger partial charge is 0.254 e. The van der Waals surface area contributed by atoms with Crippen LogP contribution >= 0.6 is 15.9 Å². The molecule has 0 saturated carbocycles. The summed E-state index contributed by atoms with van der Waals surface area (Å²) >= 11 is 3.40. The van der Waals surface area contributed by atoms with Crippen molar-refractivity contribution in [2.75, 3.05) is 26.2 Å². The van der Waals surface area contributed by atoms with Gasteiger partial charge in [0.15, 0.2) is 0 Å². The van der Waals surface area contributed by atoms with Crippen LogP contribution < -0.4 is 0 Å². The number of carbonyl (C=O) groups is 1. The molecule has 1 amide bonds. The van der Waals surface area contributed by atoms with Crippen LogP contribution in [0.1, 0.15) is 21.5 Å². The van der Waals surface area contributed by atoms with Crippen LogP contribution in [0.25, 0.3) is 6.08 Å². The first-order valence-electron chi connectivity index (χ1n) is 8.65. The summed E-state index contributed by atoms with van der Waals surface area (Å²) in [5.74, 6) is -0.0584. The first-order valence-corrected chi connectivity index (χ1v) is 11.0. The van der Waals surface area contributed by atoms with Crippen molar-refractivity contribution in [2.45, 2.75) is 6.92 Å². The van der Waals surface area contributed by atoms with Crippen LogP contribution in [0.2, 0.25) is 0 Å². The normalized spacial score (nSPS) is 16.0. The molecule has 5 nitrogen and oxygen atoms in total. The third kappa shape index (κ3) is 4.86. The molecular weight excluding hydrogens is 428 g/mol. The van der Waals surface area contributed by atoms with Gasteiger partial charge in [-0.3, -0.25) is 4.79 Å². The number of benzene rings is 2. The van der Waals surface area contributed by atoms with Gasteiger partial charge in [-0.2, -0.15) is 4.31 Å². The van der Waals surface area contributed by atoms with Crippen LogP contribution in [-0.2, 0) is 10.0 Å². The molecule has 1 aliphatic rings. The van der Waals surface area contributed by atoms with E-state index in [1.165, 1.54) is 9.71 Å². The zero-order chi connectivity index (χ0) is 19.4. The number of rotatable bonds is 4. The van der Waals surface area contributed by atoms with Gasteiger partial charge in [-0.25, -0.2) is 8.42 Å². The summed E-state index contributed by atoms with van der Waals surface area (Å²) in [7, 11) is -3.50. The summed E-state index contributed by atoms with van der Waals surface area (Å²) in [6.07, 6.45) is 1.60. The summed E-state index contributed by atoms with van der Waals surface area (Å²) in [5, 5.41) is 1.23. The van der Waals surface area contributed by atoms with E-state index in [4.69, 9.17) is 0 Å². The fourth-order valence-corrected chi connectivity index (χ4v) is 4.65. The molecule has 0 spiro atoms. The second-order valence-electron chi connectivity index (χ2n) is 6.41. The van der Waals surface area contributed by atoms with E-state index < -0.39 is 10.0 Å². The Balaban J connectivity index is 1.64. The van der Waals surface area contributed by atoms with E-state index in [-0.39, 0.29) is 5.91 Å². The molecule has 3 rings (SSSR count). The summed E-state index contributed by atoms with van der Waals surface area (Å²) in [6.45, 7) is 3.25. The zero-order valence-electron chi connectivity index (χ0n) is 15.0. The van der Waals surface area contributed by atoms with Crippen molar-refractivity contribution in [2.24, 2.45) is 0 Å². The highest BCUT2D eigenvalue weighted by molar-refractivity contribution is 9.10. The van der Waals surface area contributed by atoms with Gasteiger partial charge < -0.3 is 4.90 Å². The average Bonchev–Trinajstić information content (AvgIpc) is 2.67. The Hall–Kier alpha value is -1.96. The number of hydrogen-bond donors (Lipinski definition) is 0. The molecule has 0 radical (unpaired) electrons. The number of amides is 1. The number of sulfonamides is 1. The van der Waals surface area contributed by atoms with Gasteiger partial charge >= 0.3 is 0 Å². The molecule has 7 heteroatoms. The summed E-state index contributed by atoms with van der Waals surface area (Å²) < 4.78 is 27.4. The largest absolute Gasteiger partial charge is 0.336 e. The number of aryl methyl sites for hydroxylation is 1. The Morgan fingerprint density at radius 1 is 1.04 bits per heavy atom. The molecule has 0 N–H and O–H groups in total. The van der Waals surface area contributed by atoms with Crippen LogP contribution in [0, 0.1) is 6.92 Å². The number of carbonyl (C=O) groups excluding carboxylic acids is 1. The standard InChI is InChI=1S/C20H21BrN2O3S/c1-16-15-18(21)7-8-19(16)20(24)22-10-12-23(13-11-22)27(25,26)14-9-17-5-3-2-4-6-17/h2-9,14-15H,10-13H2,1H3/b14-9+. The number of nitrogens with zero attached hydrogens (tertiary/aromatic N) is 2. The average molecular weight is 449 g/mol. The van der Waals surface area contributed by atoms with Crippen molar-refractivity contribution >= 4 is 37.9 Å². The van der Waals surface area contributed by atoms with E-state index in [9.17, 15) is 13.2 Å². The van der Waals surface area contributed by atoms with Crippen molar-refractivity contribution in [1.29, 1.82) is 0 Å². The maximum atomic E-state index is 12.7. The van der Waals surface area contributed by atoms with E-state index >= 15 is 0 Å². The van der Waals surface area contributed by atoms with E-state index in [1.54, 1.807) is 17.0 Å².